The number of halogens is 1. The Hall–Kier alpha value is -2.51. The van der Waals surface area contributed by atoms with Crippen LogP contribution in [0.25, 0.3) is 5.69 Å². The molecule has 0 aliphatic heterocycles. The summed E-state index contributed by atoms with van der Waals surface area (Å²) in [6.07, 6.45) is 3.54. The Morgan fingerprint density at radius 1 is 1.08 bits per heavy atom. The molecule has 1 aromatic heterocycles. The average molecular weight is 357 g/mol. The first-order valence-electron chi connectivity index (χ1n) is 7.91. The Kier molecular flexibility index (Phi) is 3.89. The van der Waals surface area contributed by atoms with E-state index in [-0.39, 0.29) is 22.7 Å². The summed E-state index contributed by atoms with van der Waals surface area (Å²) in [5, 5.41) is 4.12. The topological polar surface area (TPSA) is 64.0 Å². The van der Waals surface area contributed by atoms with E-state index >= 15 is 0 Å². The van der Waals surface area contributed by atoms with Gasteiger partial charge in [-0.15, -0.1) is 0 Å². The minimum atomic E-state index is -3.64. The van der Waals surface area contributed by atoms with Crippen molar-refractivity contribution >= 4 is 10.0 Å². The first-order chi connectivity index (χ1) is 12.0. The van der Waals surface area contributed by atoms with Crippen molar-refractivity contribution in [2.45, 2.75) is 23.3 Å². The van der Waals surface area contributed by atoms with E-state index in [9.17, 15) is 12.8 Å². The third-order valence-corrected chi connectivity index (χ3v) is 5.73. The minimum absolute atomic E-state index is 0.0829. The lowest BCUT2D eigenvalue weighted by atomic mass is 10.1. The van der Waals surface area contributed by atoms with Crippen molar-refractivity contribution in [3.63, 3.8) is 0 Å². The van der Waals surface area contributed by atoms with Crippen LogP contribution in [0.4, 0.5) is 4.39 Å². The largest absolute Gasteiger partial charge is 0.243 e. The second-order valence-electron chi connectivity index (χ2n) is 6.08. The van der Waals surface area contributed by atoms with Crippen molar-refractivity contribution < 1.29 is 12.8 Å². The van der Waals surface area contributed by atoms with Gasteiger partial charge in [-0.1, -0.05) is 30.3 Å². The van der Waals surface area contributed by atoms with Gasteiger partial charge in [0, 0.05) is 12.0 Å². The zero-order chi connectivity index (χ0) is 17.4. The van der Waals surface area contributed by atoms with E-state index < -0.39 is 10.0 Å². The van der Waals surface area contributed by atoms with Gasteiger partial charge in [-0.25, -0.2) is 22.2 Å². The van der Waals surface area contributed by atoms with Crippen LogP contribution in [0.3, 0.4) is 0 Å². The summed E-state index contributed by atoms with van der Waals surface area (Å²) in [4.78, 5) is 0.126. The second kappa shape index (κ2) is 6.09. The van der Waals surface area contributed by atoms with Crippen molar-refractivity contribution in [2.24, 2.45) is 0 Å². The number of nitrogens with one attached hydrogen (secondary N) is 1. The van der Waals surface area contributed by atoms with Gasteiger partial charge in [0.2, 0.25) is 10.0 Å². The van der Waals surface area contributed by atoms with E-state index in [1.807, 2.05) is 30.3 Å². The highest BCUT2D eigenvalue weighted by atomic mass is 32.2. The van der Waals surface area contributed by atoms with Crippen LogP contribution in [0.5, 0.6) is 0 Å². The first kappa shape index (κ1) is 16.0. The lowest BCUT2D eigenvalue weighted by molar-refractivity contribution is 0.580. The highest BCUT2D eigenvalue weighted by Gasteiger charge is 2.41. The van der Waals surface area contributed by atoms with Crippen molar-refractivity contribution in [1.82, 2.24) is 14.5 Å². The summed E-state index contributed by atoms with van der Waals surface area (Å²) < 4.78 is 42.3. The Morgan fingerprint density at radius 3 is 2.52 bits per heavy atom. The zero-order valence-corrected chi connectivity index (χ0v) is 14.0. The molecule has 2 unspecified atom stereocenters. The van der Waals surface area contributed by atoms with E-state index in [0.29, 0.717) is 6.42 Å². The zero-order valence-electron chi connectivity index (χ0n) is 13.2. The van der Waals surface area contributed by atoms with Crippen LogP contribution in [0.1, 0.15) is 17.9 Å². The molecular weight excluding hydrogens is 341 g/mol. The highest BCUT2D eigenvalue weighted by molar-refractivity contribution is 7.89. The van der Waals surface area contributed by atoms with Crippen LogP contribution in [0.2, 0.25) is 0 Å². The maximum Gasteiger partial charge on any atom is 0.243 e. The Morgan fingerprint density at radius 2 is 1.80 bits per heavy atom. The summed E-state index contributed by atoms with van der Waals surface area (Å²) in [5.41, 5.74) is 1.73. The fourth-order valence-electron chi connectivity index (χ4n) is 2.84. The molecule has 1 aliphatic rings. The molecule has 0 amide bonds. The number of hydrogen-bond acceptors (Lipinski definition) is 3. The normalized spacial score (nSPS) is 19.7. The SMILES string of the molecule is O=S(=O)(NC1CC1c1ccc(F)cc1)c1cnn(-c2ccccc2)c1. The molecule has 1 aliphatic carbocycles. The molecule has 25 heavy (non-hydrogen) atoms. The van der Waals surface area contributed by atoms with Crippen LogP contribution in [0, 0.1) is 5.82 Å². The van der Waals surface area contributed by atoms with Crippen LogP contribution < -0.4 is 4.72 Å². The fraction of sp³-hybridized carbons (Fsp3) is 0.167. The first-order valence-corrected chi connectivity index (χ1v) is 9.39. The minimum Gasteiger partial charge on any atom is -0.240 e. The summed E-state index contributed by atoms with van der Waals surface area (Å²) in [6.45, 7) is 0. The van der Waals surface area contributed by atoms with Gasteiger partial charge in [0.1, 0.15) is 10.7 Å². The molecule has 128 valence electrons. The van der Waals surface area contributed by atoms with Crippen molar-refractivity contribution in [2.75, 3.05) is 0 Å². The molecule has 0 bridgehead atoms. The number of para-hydroxylation sites is 1. The molecule has 1 heterocycles. The smallest absolute Gasteiger partial charge is 0.240 e. The van der Waals surface area contributed by atoms with Crippen LogP contribution in [0.15, 0.2) is 71.9 Å². The molecule has 4 rings (SSSR count). The van der Waals surface area contributed by atoms with Crippen molar-refractivity contribution in [1.29, 1.82) is 0 Å². The molecule has 1 fully saturated rings. The Balaban J connectivity index is 1.48. The Labute approximate surface area is 145 Å². The number of sulfonamides is 1. The maximum atomic E-state index is 13.0. The summed E-state index contributed by atoms with van der Waals surface area (Å²) in [7, 11) is -3.64. The number of benzene rings is 2. The van der Waals surface area contributed by atoms with E-state index in [1.165, 1.54) is 29.2 Å². The van der Waals surface area contributed by atoms with Gasteiger partial charge in [-0.2, -0.15) is 5.10 Å². The third kappa shape index (κ3) is 3.33. The molecule has 1 saturated carbocycles. The van der Waals surface area contributed by atoms with Gasteiger partial charge in [0.15, 0.2) is 0 Å². The molecule has 1 N–H and O–H groups in total. The lowest BCUT2D eigenvalue weighted by Gasteiger charge is -2.04. The molecule has 0 saturated heterocycles. The van der Waals surface area contributed by atoms with E-state index in [2.05, 4.69) is 9.82 Å². The van der Waals surface area contributed by atoms with Gasteiger partial charge >= 0.3 is 0 Å². The number of rotatable bonds is 5. The number of nitrogens with zero attached hydrogens (tertiary/aromatic N) is 2. The quantitative estimate of drug-likeness (QED) is 0.764. The number of hydrogen-bond donors (Lipinski definition) is 1. The van der Waals surface area contributed by atoms with Gasteiger partial charge in [-0.05, 0) is 36.2 Å². The monoisotopic (exact) mass is 357 g/mol. The average Bonchev–Trinajstić information content (AvgIpc) is 3.17. The molecule has 3 aromatic rings. The van der Waals surface area contributed by atoms with Gasteiger partial charge in [-0.3, -0.25) is 0 Å². The van der Waals surface area contributed by atoms with Crippen molar-refractivity contribution in [3.05, 3.63) is 78.4 Å². The van der Waals surface area contributed by atoms with E-state index in [1.54, 1.807) is 12.1 Å². The number of aromatic nitrogens is 2. The molecule has 2 aromatic carbocycles. The summed E-state index contributed by atoms with van der Waals surface area (Å²) >= 11 is 0. The highest BCUT2D eigenvalue weighted by Crippen LogP contribution is 2.41. The van der Waals surface area contributed by atoms with E-state index in [4.69, 9.17) is 0 Å². The Bertz CT molecular complexity index is 985. The van der Waals surface area contributed by atoms with Crippen LogP contribution in [-0.4, -0.2) is 24.2 Å². The molecule has 0 radical (unpaired) electrons. The molecule has 2 atom stereocenters. The summed E-state index contributed by atoms with van der Waals surface area (Å²) in [6, 6.07) is 15.3. The lowest BCUT2D eigenvalue weighted by Crippen LogP contribution is -2.26. The summed E-state index contributed by atoms with van der Waals surface area (Å²) in [5.74, 6) is -0.214. The van der Waals surface area contributed by atoms with Crippen molar-refractivity contribution in [3.8, 4) is 5.69 Å². The molecule has 5 nitrogen and oxygen atoms in total. The second-order valence-corrected chi connectivity index (χ2v) is 7.79. The molecule has 0 spiro atoms. The molecular formula is C18H16FN3O2S. The van der Waals surface area contributed by atoms with Gasteiger partial charge in [0.25, 0.3) is 0 Å². The van der Waals surface area contributed by atoms with Crippen LogP contribution in [-0.2, 0) is 10.0 Å². The van der Waals surface area contributed by atoms with Gasteiger partial charge < -0.3 is 0 Å². The maximum absolute atomic E-state index is 13.0. The third-order valence-electron chi connectivity index (χ3n) is 4.29. The van der Waals surface area contributed by atoms with Crippen LogP contribution >= 0.6 is 0 Å². The fourth-order valence-corrected chi connectivity index (χ4v) is 4.06. The predicted octanol–water partition coefficient (Wildman–Crippen LogP) is 2.85. The van der Waals surface area contributed by atoms with Gasteiger partial charge in [0.05, 0.1) is 18.1 Å². The van der Waals surface area contributed by atoms with E-state index in [0.717, 1.165) is 11.3 Å². The molecule has 7 heteroatoms. The standard InChI is InChI=1S/C18H16FN3O2S/c19-14-8-6-13(7-9-14)17-10-18(17)21-25(23,24)16-11-20-22(12-16)15-4-2-1-3-5-15/h1-9,11-12,17-18,21H,10H2. The predicted molar refractivity (Wildman–Crippen MR) is 91.4 cm³/mol.